The van der Waals surface area contributed by atoms with Gasteiger partial charge < -0.3 is 4.74 Å². The molecule has 0 atom stereocenters. The fourth-order valence-corrected chi connectivity index (χ4v) is 2.46. The molecule has 0 unspecified atom stereocenters. The summed E-state index contributed by atoms with van der Waals surface area (Å²) in [6.07, 6.45) is -9.27. The SMILES string of the molecule is Cc1cc(Oc2cc(C(F)(F)F)nn2C)nc(-c2cc(C(F)(F)F)nn2C)c1. The Labute approximate surface area is 154 Å². The van der Waals surface area contributed by atoms with Gasteiger partial charge in [0, 0.05) is 26.2 Å². The number of aryl methyl sites for hydroxylation is 3. The molecule has 6 nitrogen and oxygen atoms in total. The van der Waals surface area contributed by atoms with Crippen molar-refractivity contribution in [3.8, 4) is 23.1 Å². The summed E-state index contributed by atoms with van der Waals surface area (Å²) >= 11 is 0. The Balaban J connectivity index is 1.98. The number of halogens is 6. The van der Waals surface area contributed by atoms with E-state index in [4.69, 9.17) is 4.74 Å². The Morgan fingerprint density at radius 3 is 1.93 bits per heavy atom. The van der Waals surface area contributed by atoms with Gasteiger partial charge in [-0.2, -0.15) is 36.5 Å². The van der Waals surface area contributed by atoms with E-state index in [0.29, 0.717) is 11.6 Å². The van der Waals surface area contributed by atoms with E-state index in [9.17, 15) is 26.3 Å². The molecule has 0 aliphatic heterocycles. The van der Waals surface area contributed by atoms with Crippen molar-refractivity contribution in [2.75, 3.05) is 0 Å². The normalized spacial score (nSPS) is 12.5. The van der Waals surface area contributed by atoms with E-state index in [-0.39, 0.29) is 23.1 Å². The van der Waals surface area contributed by atoms with Crippen LogP contribution in [-0.2, 0) is 26.4 Å². The summed E-state index contributed by atoms with van der Waals surface area (Å²) in [6, 6.07) is 4.48. The third-order valence-electron chi connectivity index (χ3n) is 3.72. The summed E-state index contributed by atoms with van der Waals surface area (Å²) in [5, 5.41) is 6.74. The molecular formula is C16H13F6N5O. The third kappa shape index (κ3) is 3.94. The predicted molar refractivity (Wildman–Crippen MR) is 84.5 cm³/mol. The van der Waals surface area contributed by atoms with Crippen LogP contribution in [0.15, 0.2) is 24.3 Å². The molecule has 3 aromatic rings. The average Bonchev–Trinajstić information content (AvgIpc) is 3.10. The number of ether oxygens (including phenoxy) is 1. The number of hydrogen-bond donors (Lipinski definition) is 0. The molecule has 3 heterocycles. The van der Waals surface area contributed by atoms with E-state index in [0.717, 1.165) is 15.4 Å². The van der Waals surface area contributed by atoms with Crippen LogP contribution in [0.25, 0.3) is 11.4 Å². The summed E-state index contributed by atoms with van der Waals surface area (Å²) in [4.78, 5) is 4.10. The lowest BCUT2D eigenvalue weighted by Gasteiger charge is -2.08. The quantitative estimate of drug-likeness (QED) is 0.608. The van der Waals surface area contributed by atoms with Crippen LogP contribution in [0.2, 0.25) is 0 Å². The van der Waals surface area contributed by atoms with Crippen LogP contribution in [0.1, 0.15) is 17.0 Å². The van der Waals surface area contributed by atoms with Gasteiger partial charge in [-0.3, -0.25) is 4.68 Å². The van der Waals surface area contributed by atoms with Gasteiger partial charge >= 0.3 is 12.4 Å². The molecule has 0 radical (unpaired) electrons. The minimum Gasteiger partial charge on any atom is -0.421 e. The summed E-state index contributed by atoms with van der Waals surface area (Å²) in [7, 11) is 2.59. The zero-order valence-corrected chi connectivity index (χ0v) is 14.7. The second-order valence-corrected chi connectivity index (χ2v) is 6.00. The Morgan fingerprint density at radius 2 is 1.39 bits per heavy atom. The molecule has 0 bridgehead atoms. The molecule has 3 aromatic heterocycles. The molecule has 0 amide bonds. The van der Waals surface area contributed by atoms with Gasteiger partial charge in [-0.25, -0.2) is 9.67 Å². The fraction of sp³-hybridized carbons (Fsp3) is 0.312. The largest absolute Gasteiger partial charge is 0.435 e. The van der Waals surface area contributed by atoms with Gasteiger partial charge in [-0.1, -0.05) is 0 Å². The lowest BCUT2D eigenvalue weighted by Crippen LogP contribution is -2.06. The Kier molecular flexibility index (Phi) is 4.60. The van der Waals surface area contributed by atoms with E-state index in [1.165, 1.54) is 26.2 Å². The monoisotopic (exact) mass is 405 g/mol. The molecule has 0 saturated carbocycles. The molecule has 0 saturated heterocycles. The maximum Gasteiger partial charge on any atom is 0.435 e. The first-order chi connectivity index (χ1) is 12.8. The molecule has 3 rings (SSSR count). The zero-order valence-electron chi connectivity index (χ0n) is 14.7. The first-order valence-electron chi connectivity index (χ1n) is 7.74. The average molecular weight is 405 g/mol. The first-order valence-corrected chi connectivity index (χ1v) is 7.74. The van der Waals surface area contributed by atoms with Crippen LogP contribution in [0.5, 0.6) is 11.8 Å². The number of pyridine rings is 1. The Morgan fingerprint density at radius 1 is 0.821 bits per heavy atom. The van der Waals surface area contributed by atoms with E-state index in [1.807, 2.05) is 0 Å². The zero-order chi connectivity index (χ0) is 20.9. The second-order valence-electron chi connectivity index (χ2n) is 6.00. The topological polar surface area (TPSA) is 57.8 Å². The minimum atomic E-state index is -4.65. The van der Waals surface area contributed by atoms with Gasteiger partial charge in [0.1, 0.15) is 0 Å². The number of nitrogens with zero attached hydrogens (tertiary/aromatic N) is 5. The summed E-state index contributed by atoms with van der Waals surface area (Å²) in [6.45, 7) is 1.64. The molecule has 0 aromatic carbocycles. The van der Waals surface area contributed by atoms with Crippen molar-refractivity contribution in [1.29, 1.82) is 0 Å². The maximum absolute atomic E-state index is 12.9. The number of rotatable bonds is 3. The van der Waals surface area contributed by atoms with Gasteiger partial charge in [0.05, 0.1) is 11.4 Å². The van der Waals surface area contributed by atoms with Crippen LogP contribution < -0.4 is 4.74 Å². The highest BCUT2D eigenvalue weighted by Gasteiger charge is 2.36. The van der Waals surface area contributed by atoms with Gasteiger partial charge in [0.2, 0.25) is 11.8 Å². The molecule has 0 spiro atoms. The highest BCUT2D eigenvalue weighted by molar-refractivity contribution is 5.57. The van der Waals surface area contributed by atoms with Gasteiger partial charge in [-0.15, -0.1) is 0 Å². The smallest absolute Gasteiger partial charge is 0.421 e. The lowest BCUT2D eigenvalue weighted by molar-refractivity contribution is -0.142. The van der Waals surface area contributed by atoms with Crippen LogP contribution in [0, 0.1) is 6.92 Å². The Bertz CT molecular complexity index is 1020. The molecule has 150 valence electrons. The third-order valence-corrected chi connectivity index (χ3v) is 3.72. The number of aromatic nitrogens is 5. The second kappa shape index (κ2) is 6.53. The summed E-state index contributed by atoms with van der Waals surface area (Å²) in [5.74, 6) is -0.321. The van der Waals surface area contributed by atoms with Gasteiger partial charge in [0.15, 0.2) is 11.4 Å². The van der Waals surface area contributed by atoms with E-state index < -0.39 is 23.7 Å². The van der Waals surface area contributed by atoms with Crippen molar-refractivity contribution >= 4 is 0 Å². The van der Waals surface area contributed by atoms with Crippen molar-refractivity contribution < 1.29 is 31.1 Å². The van der Waals surface area contributed by atoms with Crippen molar-refractivity contribution in [2.24, 2.45) is 14.1 Å². The number of alkyl halides is 6. The Hall–Kier alpha value is -3.05. The van der Waals surface area contributed by atoms with Crippen molar-refractivity contribution in [1.82, 2.24) is 24.5 Å². The molecule has 12 heteroatoms. The minimum absolute atomic E-state index is 0.0712. The maximum atomic E-state index is 12.9. The van der Waals surface area contributed by atoms with Crippen molar-refractivity contribution in [3.05, 3.63) is 41.2 Å². The van der Waals surface area contributed by atoms with E-state index in [2.05, 4.69) is 15.2 Å². The molecule has 28 heavy (non-hydrogen) atoms. The van der Waals surface area contributed by atoms with Gasteiger partial charge in [0.25, 0.3) is 0 Å². The number of hydrogen-bond acceptors (Lipinski definition) is 4. The molecule has 0 aliphatic carbocycles. The van der Waals surface area contributed by atoms with Crippen LogP contribution in [0.4, 0.5) is 26.3 Å². The predicted octanol–water partition coefficient (Wildman–Crippen LogP) is 4.35. The standard InChI is InChI=1S/C16H13F6N5O/c1-8-4-9(10-6-11(15(17,18)19)24-26(10)2)23-13(5-8)28-14-7-12(16(20,21)22)25-27(14)3/h4-7H,1-3H3. The van der Waals surface area contributed by atoms with Crippen LogP contribution in [-0.4, -0.2) is 24.5 Å². The molecule has 0 aliphatic rings. The molecule has 0 fully saturated rings. The molecule has 0 N–H and O–H groups in total. The van der Waals surface area contributed by atoms with E-state index in [1.54, 1.807) is 6.92 Å². The summed E-state index contributed by atoms with van der Waals surface area (Å²) in [5.41, 5.74) is -1.45. The van der Waals surface area contributed by atoms with E-state index >= 15 is 0 Å². The fourth-order valence-electron chi connectivity index (χ4n) is 2.46. The van der Waals surface area contributed by atoms with Crippen LogP contribution in [0.3, 0.4) is 0 Å². The van der Waals surface area contributed by atoms with Gasteiger partial charge in [-0.05, 0) is 24.6 Å². The van der Waals surface area contributed by atoms with Crippen LogP contribution >= 0.6 is 0 Å². The van der Waals surface area contributed by atoms with Crippen molar-refractivity contribution in [2.45, 2.75) is 19.3 Å². The molecular weight excluding hydrogens is 392 g/mol. The van der Waals surface area contributed by atoms with Crippen molar-refractivity contribution in [3.63, 3.8) is 0 Å². The highest BCUT2D eigenvalue weighted by Crippen LogP contribution is 2.34. The first kappa shape index (κ1) is 19.7. The lowest BCUT2D eigenvalue weighted by atomic mass is 10.2. The summed E-state index contributed by atoms with van der Waals surface area (Å²) < 4.78 is 84.2. The highest BCUT2D eigenvalue weighted by atomic mass is 19.4.